The van der Waals surface area contributed by atoms with E-state index in [1.54, 1.807) is 11.9 Å². The Morgan fingerprint density at radius 1 is 1.32 bits per heavy atom. The topological polar surface area (TPSA) is 44.1 Å². The van der Waals surface area contributed by atoms with E-state index in [4.69, 9.17) is 5.26 Å². The molecule has 3 nitrogen and oxygen atoms in total. The Bertz CT molecular complexity index is 491. The average molecular weight is 258 g/mol. The number of hydrogen-bond acceptors (Lipinski definition) is 2. The van der Waals surface area contributed by atoms with Crippen LogP contribution in [0.5, 0.6) is 0 Å². The van der Waals surface area contributed by atoms with Crippen molar-refractivity contribution in [1.29, 1.82) is 5.26 Å². The van der Waals surface area contributed by atoms with Crippen molar-refractivity contribution in [2.45, 2.75) is 46.6 Å². The second-order valence-electron chi connectivity index (χ2n) is 5.11. The Kier molecular flexibility index (Phi) is 5.11. The van der Waals surface area contributed by atoms with Crippen LogP contribution in [0.2, 0.25) is 0 Å². The highest BCUT2D eigenvalue weighted by atomic mass is 16.2. The van der Waals surface area contributed by atoms with Gasteiger partial charge in [0.25, 0.3) is 0 Å². The van der Waals surface area contributed by atoms with Crippen molar-refractivity contribution in [3.05, 3.63) is 34.4 Å². The summed E-state index contributed by atoms with van der Waals surface area (Å²) in [5.41, 5.74) is 4.58. The number of nitriles is 1. The summed E-state index contributed by atoms with van der Waals surface area (Å²) >= 11 is 0. The minimum absolute atomic E-state index is 0.00320. The van der Waals surface area contributed by atoms with Gasteiger partial charge < -0.3 is 4.90 Å². The quantitative estimate of drug-likeness (QED) is 0.833. The number of hydrogen-bond donors (Lipinski definition) is 0. The van der Waals surface area contributed by atoms with E-state index in [0.29, 0.717) is 12.8 Å². The molecule has 1 unspecified atom stereocenters. The van der Waals surface area contributed by atoms with Crippen molar-refractivity contribution in [2.24, 2.45) is 0 Å². The number of likely N-dealkylation sites (N-methyl/N-ethyl adjacent to an activating group) is 1. The molecule has 0 spiro atoms. The highest BCUT2D eigenvalue weighted by Crippen LogP contribution is 2.18. The van der Waals surface area contributed by atoms with Crippen LogP contribution in [-0.4, -0.2) is 23.9 Å². The Morgan fingerprint density at radius 2 is 1.84 bits per heavy atom. The molecule has 0 fully saturated rings. The summed E-state index contributed by atoms with van der Waals surface area (Å²) in [6, 6.07) is 6.02. The number of aryl methyl sites for hydroxylation is 3. The van der Waals surface area contributed by atoms with Gasteiger partial charge in [0.1, 0.15) is 6.04 Å². The summed E-state index contributed by atoms with van der Waals surface area (Å²) in [5.74, 6) is 0.00320. The van der Waals surface area contributed by atoms with Gasteiger partial charge in [-0.3, -0.25) is 4.79 Å². The Morgan fingerprint density at radius 3 is 2.26 bits per heavy atom. The molecule has 1 aromatic rings. The second-order valence-corrected chi connectivity index (χ2v) is 5.11. The summed E-state index contributed by atoms with van der Waals surface area (Å²) in [7, 11) is 1.71. The molecule has 0 bridgehead atoms. The van der Waals surface area contributed by atoms with Crippen LogP contribution in [0.4, 0.5) is 0 Å². The van der Waals surface area contributed by atoms with E-state index >= 15 is 0 Å². The lowest BCUT2D eigenvalue weighted by atomic mass is 9.97. The fourth-order valence-electron chi connectivity index (χ4n) is 2.39. The molecule has 1 amide bonds. The zero-order chi connectivity index (χ0) is 14.6. The maximum atomic E-state index is 12.2. The summed E-state index contributed by atoms with van der Waals surface area (Å²) in [6.07, 6.45) is 1.03. The zero-order valence-electron chi connectivity index (χ0n) is 12.4. The maximum absolute atomic E-state index is 12.2. The monoisotopic (exact) mass is 258 g/mol. The van der Waals surface area contributed by atoms with Crippen molar-refractivity contribution in [2.75, 3.05) is 7.05 Å². The van der Waals surface area contributed by atoms with Crippen LogP contribution in [0.1, 0.15) is 35.6 Å². The first-order chi connectivity index (χ1) is 8.90. The van der Waals surface area contributed by atoms with Gasteiger partial charge in [-0.15, -0.1) is 0 Å². The fourth-order valence-corrected chi connectivity index (χ4v) is 2.39. The van der Waals surface area contributed by atoms with Crippen molar-refractivity contribution in [1.82, 2.24) is 4.90 Å². The normalized spacial score (nSPS) is 11.8. The summed E-state index contributed by atoms with van der Waals surface area (Å²) in [4.78, 5) is 13.8. The Labute approximate surface area is 115 Å². The molecular weight excluding hydrogens is 236 g/mol. The lowest BCUT2D eigenvalue weighted by Crippen LogP contribution is -2.36. The number of benzene rings is 1. The first-order valence-corrected chi connectivity index (χ1v) is 6.62. The number of carbonyl (C=O) groups is 1. The highest BCUT2D eigenvalue weighted by Gasteiger charge is 2.19. The highest BCUT2D eigenvalue weighted by molar-refractivity contribution is 5.80. The molecule has 0 heterocycles. The third-order valence-electron chi connectivity index (χ3n) is 3.56. The largest absolute Gasteiger partial charge is 0.329 e. The molecule has 1 rings (SSSR count). The average Bonchev–Trinajstić information content (AvgIpc) is 2.34. The van der Waals surface area contributed by atoms with Gasteiger partial charge in [0.2, 0.25) is 5.91 Å². The van der Waals surface area contributed by atoms with E-state index in [-0.39, 0.29) is 11.9 Å². The third kappa shape index (κ3) is 3.57. The van der Waals surface area contributed by atoms with Crippen molar-refractivity contribution in [3.8, 4) is 6.07 Å². The van der Waals surface area contributed by atoms with Crippen molar-refractivity contribution >= 4 is 5.91 Å². The maximum Gasteiger partial charge on any atom is 0.227 e. The van der Waals surface area contributed by atoms with Crippen molar-refractivity contribution in [3.63, 3.8) is 0 Å². The van der Waals surface area contributed by atoms with Crippen LogP contribution in [0.3, 0.4) is 0 Å². The number of carbonyl (C=O) groups excluding carboxylic acids is 1. The van der Waals surface area contributed by atoms with Crippen LogP contribution >= 0.6 is 0 Å². The summed E-state index contributed by atoms with van der Waals surface area (Å²) < 4.78 is 0. The lowest BCUT2D eigenvalue weighted by Gasteiger charge is -2.22. The predicted octanol–water partition coefficient (Wildman–Crippen LogP) is 2.91. The first-order valence-electron chi connectivity index (χ1n) is 6.62. The van der Waals surface area contributed by atoms with Gasteiger partial charge in [0.05, 0.1) is 12.5 Å². The number of rotatable bonds is 4. The molecule has 0 N–H and O–H groups in total. The molecule has 0 saturated heterocycles. The standard InChI is InChI=1S/C16H22N2O/c1-6-14(10-17)18(5)16(19)9-15-12(3)7-11(2)8-13(15)4/h7-8,14H,6,9H2,1-5H3. The smallest absolute Gasteiger partial charge is 0.227 e. The minimum Gasteiger partial charge on any atom is -0.329 e. The van der Waals surface area contributed by atoms with Crippen LogP contribution in [-0.2, 0) is 11.2 Å². The van der Waals surface area contributed by atoms with Gasteiger partial charge >= 0.3 is 0 Å². The molecule has 19 heavy (non-hydrogen) atoms. The van der Waals surface area contributed by atoms with Crippen LogP contribution in [0, 0.1) is 32.1 Å². The van der Waals surface area contributed by atoms with Gasteiger partial charge in [-0.2, -0.15) is 5.26 Å². The first kappa shape index (κ1) is 15.2. The molecule has 0 aromatic heterocycles. The Hall–Kier alpha value is -1.82. The molecule has 1 aromatic carbocycles. The molecule has 102 valence electrons. The van der Waals surface area contributed by atoms with E-state index in [2.05, 4.69) is 25.1 Å². The minimum atomic E-state index is -0.335. The lowest BCUT2D eigenvalue weighted by molar-refractivity contribution is -0.130. The fraction of sp³-hybridized carbons (Fsp3) is 0.500. The second kappa shape index (κ2) is 6.38. The van der Waals surface area contributed by atoms with Crippen molar-refractivity contribution < 1.29 is 4.79 Å². The SMILES string of the molecule is CCC(C#N)N(C)C(=O)Cc1c(C)cc(C)cc1C. The molecule has 0 aliphatic rings. The van der Waals surface area contributed by atoms with E-state index < -0.39 is 0 Å². The summed E-state index contributed by atoms with van der Waals surface area (Å²) in [5, 5.41) is 9.01. The molecule has 0 saturated carbocycles. The molecule has 1 atom stereocenters. The molecule has 3 heteroatoms. The van der Waals surface area contributed by atoms with Gasteiger partial charge in [-0.05, 0) is 43.9 Å². The van der Waals surface area contributed by atoms with Crippen LogP contribution in [0.25, 0.3) is 0 Å². The van der Waals surface area contributed by atoms with Crippen LogP contribution in [0.15, 0.2) is 12.1 Å². The van der Waals surface area contributed by atoms with E-state index in [1.807, 2.05) is 20.8 Å². The summed E-state index contributed by atoms with van der Waals surface area (Å²) in [6.45, 7) is 8.04. The molecule has 0 aliphatic carbocycles. The van der Waals surface area contributed by atoms with Gasteiger partial charge in [-0.1, -0.05) is 24.6 Å². The van der Waals surface area contributed by atoms with Gasteiger partial charge in [-0.25, -0.2) is 0 Å². The molecule has 0 radical (unpaired) electrons. The van der Waals surface area contributed by atoms with E-state index in [0.717, 1.165) is 16.7 Å². The number of nitrogens with zero attached hydrogens (tertiary/aromatic N) is 2. The van der Waals surface area contributed by atoms with E-state index in [1.165, 1.54) is 5.56 Å². The zero-order valence-corrected chi connectivity index (χ0v) is 12.4. The third-order valence-corrected chi connectivity index (χ3v) is 3.56. The van der Waals surface area contributed by atoms with Gasteiger partial charge in [0.15, 0.2) is 0 Å². The van der Waals surface area contributed by atoms with E-state index in [9.17, 15) is 4.79 Å². The molecular formula is C16H22N2O. The Balaban J connectivity index is 2.92. The van der Waals surface area contributed by atoms with Crippen LogP contribution < -0.4 is 0 Å². The van der Waals surface area contributed by atoms with Gasteiger partial charge in [0, 0.05) is 7.05 Å². The predicted molar refractivity (Wildman–Crippen MR) is 76.8 cm³/mol. The molecule has 0 aliphatic heterocycles. The number of amides is 1.